The second-order valence-electron chi connectivity index (χ2n) is 8.97. The third-order valence-corrected chi connectivity index (χ3v) is 5.64. The van der Waals surface area contributed by atoms with E-state index in [4.69, 9.17) is 0 Å². The number of rotatable bonds is 21. The third-order valence-electron chi connectivity index (χ3n) is 5.64. The zero-order valence-corrected chi connectivity index (χ0v) is 22.3. The lowest BCUT2D eigenvalue weighted by atomic mass is 10.1. The molecule has 0 atom stereocenters. The molecule has 29 heavy (non-hydrogen) atoms. The van der Waals surface area contributed by atoms with E-state index in [-0.39, 0.29) is 29.4 Å². The Balaban J connectivity index is -0.00000338. The van der Waals surface area contributed by atoms with Gasteiger partial charge in [-0.15, -0.1) is 25.6 Å². The minimum Gasteiger partial charge on any atom is -1.00 e. The molecule has 0 spiro atoms. The first kappa shape index (κ1) is 33.8. The van der Waals surface area contributed by atoms with Gasteiger partial charge >= 0.3 is 0 Å². The molecule has 0 aliphatic heterocycles. The van der Waals surface area contributed by atoms with Crippen LogP contribution >= 0.6 is 12.4 Å². The summed E-state index contributed by atoms with van der Waals surface area (Å²) < 4.78 is 1.18. The van der Waals surface area contributed by atoms with E-state index in [2.05, 4.69) is 39.5 Å². The molecular weight excluding hydrogens is 444 g/mol. The van der Waals surface area contributed by atoms with Crippen LogP contribution in [-0.4, -0.2) is 44.3 Å². The van der Waals surface area contributed by atoms with E-state index in [0.717, 1.165) is 19.4 Å². The van der Waals surface area contributed by atoms with Crippen molar-refractivity contribution in [2.24, 2.45) is 0 Å². The van der Waals surface area contributed by atoms with Crippen LogP contribution in [0.4, 0.5) is 0 Å². The van der Waals surface area contributed by atoms with Crippen LogP contribution in [0.25, 0.3) is 0 Å². The van der Waals surface area contributed by atoms with Crippen molar-refractivity contribution in [3.8, 4) is 0 Å². The molecule has 0 aromatic carbocycles. The van der Waals surface area contributed by atoms with E-state index < -0.39 is 0 Å². The molecule has 0 radical (unpaired) electrons. The fourth-order valence-electron chi connectivity index (χ4n) is 3.78. The molecule has 0 saturated heterocycles. The predicted octanol–water partition coefficient (Wildman–Crippen LogP) is 4.30. The van der Waals surface area contributed by atoms with Gasteiger partial charge in [-0.1, -0.05) is 70.4 Å². The van der Waals surface area contributed by atoms with Crippen LogP contribution in [0.5, 0.6) is 0 Å². The highest BCUT2D eigenvalue weighted by Crippen LogP contribution is 2.12. The zero-order valence-electron chi connectivity index (χ0n) is 19.9. The zero-order chi connectivity index (χ0) is 20.2. The van der Waals surface area contributed by atoms with Crippen LogP contribution < -0.4 is 22.3 Å². The Morgan fingerprint density at radius 2 is 1.14 bits per heavy atom. The highest BCUT2D eigenvalue weighted by atomic mass is 79.9. The van der Waals surface area contributed by atoms with Crippen molar-refractivity contribution < 1.29 is 21.5 Å². The lowest BCUT2D eigenvalue weighted by Crippen LogP contribution is -3.00. The molecule has 0 unspecified atom stereocenters. The maximum Gasteiger partial charge on any atom is 0.0782 e. The quantitative estimate of drug-likeness (QED) is 0.142. The molecule has 0 amide bonds. The number of hydrogen-bond acceptors (Lipinski definition) is 1. The SMILES string of the molecule is C=CCC(CC=C)NCCCC[N+](C)(C)CCCCCCCCCCCC.Cl.[Br-]. The van der Waals surface area contributed by atoms with Crippen molar-refractivity contribution in [3.05, 3.63) is 25.3 Å². The number of halogens is 2. The summed E-state index contributed by atoms with van der Waals surface area (Å²) in [6, 6.07) is 0.522. The smallest absolute Gasteiger partial charge is 0.0782 e. The average Bonchev–Trinajstić information content (AvgIpc) is 2.63. The van der Waals surface area contributed by atoms with Crippen LogP contribution in [0.1, 0.15) is 96.8 Å². The predicted molar refractivity (Wildman–Crippen MR) is 132 cm³/mol. The van der Waals surface area contributed by atoms with Gasteiger partial charge in [0.2, 0.25) is 0 Å². The summed E-state index contributed by atoms with van der Waals surface area (Å²) in [5.74, 6) is 0. The number of hydrogen-bond donors (Lipinski definition) is 1. The molecule has 0 bridgehead atoms. The Morgan fingerprint density at radius 1 is 0.724 bits per heavy atom. The van der Waals surface area contributed by atoms with Gasteiger partial charge in [0, 0.05) is 6.04 Å². The van der Waals surface area contributed by atoms with Crippen molar-refractivity contribution in [3.63, 3.8) is 0 Å². The number of unbranched alkanes of at least 4 members (excludes halogenated alkanes) is 10. The first-order chi connectivity index (χ1) is 13.1. The fraction of sp³-hybridized carbons (Fsp3) is 0.840. The van der Waals surface area contributed by atoms with Gasteiger partial charge in [-0.2, -0.15) is 0 Å². The van der Waals surface area contributed by atoms with Crippen LogP contribution in [0, 0.1) is 0 Å². The Morgan fingerprint density at radius 3 is 1.59 bits per heavy atom. The Labute approximate surface area is 200 Å². The van der Waals surface area contributed by atoms with E-state index in [1.807, 2.05) is 12.2 Å². The summed E-state index contributed by atoms with van der Waals surface area (Å²) in [5.41, 5.74) is 0. The number of quaternary nitrogens is 1. The minimum absolute atomic E-state index is 0. The van der Waals surface area contributed by atoms with Gasteiger partial charge < -0.3 is 26.8 Å². The van der Waals surface area contributed by atoms with Gasteiger partial charge in [0.1, 0.15) is 0 Å². The van der Waals surface area contributed by atoms with Gasteiger partial charge in [-0.3, -0.25) is 0 Å². The molecule has 0 aliphatic rings. The van der Waals surface area contributed by atoms with E-state index in [1.165, 1.54) is 94.6 Å². The van der Waals surface area contributed by atoms with Crippen LogP contribution in [0.3, 0.4) is 0 Å². The summed E-state index contributed by atoms with van der Waals surface area (Å²) in [6.07, 6.45) is 22.9. The first-order valence-corrected chi connectivity index (χ1v) is 11.8. The maximum absolute atomic E-state index is 3.85. The summed E-state index contributed by atoms with van der Waals surface area (Å²) in [5, 5.41) is 3.65. The van der Waals surface area contributed by atoms with Gasteiger partial charge in [-0.05, 0) is 45.1 Å². The van der Waals surface area contributed by atoms with Crippen molar-refractivity contribution in [1.82, 2.24) is 5.32 Å². The highest BCUT2D eigenvalue weighted by molar-refractivity contribution is 5.85. The highest BCUT2D eigenvalue weighted by Gasteiger charge is 2.13. The Kier molecular flexibility index (Phi) is 28.5. The summed E-state index contributed by atoms with van der Waals surface area (Å²) >= 11 is 0. The topological polar surface area (TPSA) is 12.0 Å². The van der Waals surface area contributed by atoms with Crippen molar-refractivity contribution in [1.29, 1.82) is 0 Å². The third kappa shape index (κ3) is 24.3. The molecule has 0 fully saturated rings. The molecule has 176 valence electrons. The van der Waals surface area contributed by atoms with E-state index in [0.29, 0.717) is 6.04 Å². The average molecular weight is 496 g/mol. The van der Waals surface area contributed by atoms with E-state index >= 15 is 0 Å². The summed E-state index contributed by atoms with van der Waals surface area (Å²) in [6.45, 7) is 13.7. The molecule has 0 heterocycles. The minimum atomic E-state index is 0. The van der Waals surface area contributed by atoms with Gasteiger partial charge in [0.05, 0.1) is 27.2 Å². The largest absolute Gasteiger partial charge is 1.00 e. The maximum atomic E-state index is 3.85. The van der Waals surface area contributed by atoms with Crippen molar-refractivity contribution >= 4 is 12.4 Å². The lowest BCUT2D eigenvalue weighted by molar-refractivity contribution is -0.890. The lowest BCUT2D eigenvalue weighted by Gasteiger charge is -2.30. The molecule has 0 aliphatic carbocycles. The molecule has 4 heteroatoms. The van der Waals surface area contributed by atoms with Crippen LogP contribution in [0.15, 0.2) is 25.3 Å². The summed E-state index contributed by atoms with van der Waals surface area (Å²) in [7, 11) is 4.80. The Bertz CT molecular complexity index is 338. The standard InChI is InChI=1S/C25H51N2.BrH.ClH/c1-6-9-10-11-12-13-14-15-16-18-23-27(4,5)24-19-17-22-26-25(20-7-2)21-8-3;;/h7-8,25-26H,2-3,6,9-24H2,1,4-5H3;2*1H/q+1;;/p-1. The first-order valence-electron chi connectivity index (χ1n) is 11.8. The van der Waals surface area contributed by atoms with E-state index in [1.54, 1.807) is 0 Å². The molecule has 0 aromatic rings. The molecular formula is C25H52BrClN2. The molecule has 0 saturated carbocycles. The number of nitrogens with one attached hydrogen (secondary N) is 1. The molecule has 1 N–H and O–H groups in total. The molecule has 2 nitrogen and oxygen atoms in total. The second kappa shape index (κ2) is 24.4. The molecule has 0 aromatic heterocycles. The second-order valence-corrected chi connectivity index (χ2v) is 8.97. The Hall–Kier alpha value is 0.170. The monoisotopic (exact) mass is 494 g/mol. The van der Waals surface area contributed by atoms with Gasteiger partial charge in [0.25, 0.3) is 0 Å². The molecule has 0 rings (SSSR count). The van der Waals surface area contributed by atoms with Crippen LogP contribution in [-0.2, 0) is 0 Å². The van der Waals surface area contributed by atoms with Crippen molar-refractivity contribution in [2.45, 2.75) is 103 Å². The number of nitrogens with zero attached hydrogens (tertiary/aromatic N) is 1. The summed E-state index contributed by atoms with van der Waals surface area (Å²) in [4.78, 5) is 0. The fourth-order valence-corrected chi connectivity index (χ4v) is 3.78. The van der Waals surface area contributed by atoms with Crippen molar-refractivity contribution in [2.75, 3.05) is 33.7 Å². The van der Waals surface area contributed by atoms with E-state index in [9.17, 15) is 0 Å². The van der Waals surface area contributed by atoms with Gasteiger partial charge in [0.15, 0.2) is 0 Å². The van der Waals surface area contributed by atoms with Crippen LogP contribution in [0.2, 0.25) is 0 Å². The normalized spacial score (nSPS) is 11.0. The van der Waals surface area contributed by atoms with Gasteiger partial charge in [-0.25, -0.2) is 0 Å².